The molecule has 0 aliphatic carbocycles. The first kappa shape index (κ1) is 23.8. The van der Waals surface area contributed by atoms with E-state index >= 15 is 0 Å². The number of hydrogen-bond acceptors (Lipinski definition) is 7. The predicted octanol–water partition coefficient (Wildman–Crippen LogP) is 4.59. The molecule has 7 heteroatoms. The van der Waals surface area contributed by atoms with Gasteiger partial charge in [-0.25, -0.2) is 4.79 Å². The molecule has 2 rings (SSSR count). The van der Waals surface area contributed by atoms with Crippen molar-refractivity contribution >= 4 is 17.3 Å². The van der Waals surface area contributed by atoms with Gasteiger partial charge in [-0.2, -0.15) is 0 Å². The molecule has 0 aliphatic heterocycles. The lowest BCUT2D eigenvalue weighted by Crippen LogP contribution is -2.08. The minimum atomic E-state index is -0.493. The molecule has 166 valence electrons. The summed E-state index contributed by atoms with van der Waals surface area (Å²) in [5.74, 6) is 0.645. The SMILES string of the molecule is CCCO/N=C(\C)c1ccc(OC)c(OCc2ccccc2/C(=C\OC)C(=O)OC)c1. The van der Waals surface area contributed by atoms with Gasteiger partial charge in [-0.15, -0.1) is 0 Å². The maximum Gasteiger partial charge on any atom is 0.341 e. The summed E-state index contributed by atoms with van der Waals surface area (Å²) in [6.07, 6.45) is 2.25. The average Bonchev–Trinajstić information content (AvgIpc) is 2.80. The minimum Gasteiger partial charge on any atom is -0.503 e. The first-order valence-corrected chi connectivity index (χ1v) is 9.93. The molecule has 31 heavy (non-hydrogen) atoms. The molecule has 7 nitrogen and oxygen atoms in total. The Morgan fingerprint density at radius 2 is 1.84 bits per heavy atom. The van der Waals surface area contributed by atoms with Crippen molar-refractivity contribution in [3.8, 4) is 11.5 Å². The zero-order chi connectivity index (χ0) is 22.6. The van der Waals surface area contributed by atoms with E-state index in [2.05, 4.69) is 5.16 Å². The van der Waals surface area contributed by atoms with Crippen molar-refractivity contribution in [2.45, 2.75) is 26.9 Å². The highest BCUT2D eigenvalue weighted by atomic mass is 16.6. The van der Waals surface area contributed by atoms with Crippen LogP contribution < -0.4 is 9.47 Å². The second kappa shape index (κ2) is 12.3. The first-order valence-electron chi connectivity index (χ1n) is 9.93. The van der Waals surface area contributed by atoms with Gasteiger partial charge >= 0.3 is 5.97 Å². The van der Waals surface area contributed by atoms with E-state index in [-0.39, 0.29) is 6.61 Å². The molecule has 0 saturated carbocycles. The van der Waals surface area contributed by atoms with E-state index in [9.17, 15) is 4.79 Å². The number of hydrogen-bond donors (Lipinski definition) is 0. The second-order valence-electron chi connectivity index (χ2n) is 6.58. The monoisotopic (exact) mass is 427 g/mol. The third kappa shape index (κ3) is 6.50. The molecule has 0 saturated heterocycles. The van der Waals surface area contributed by atoms with E-state index in [1.54, 1.807) is 7.11 Å². The van der Waals surface area contributed by atoms with Crippen LogP contribution in [0.3, 0.4) is 0 Å². The number of rotatable bonds is 11. The molecule has 0 radical (unpaired) electrons. The first-order chi connectivity index (χ1) is 15.0. The van der Waals surface area contributed by atoms with Crippen molar-refractivity contribution in [1.29, 1.82) is 0 Å². The van der Waals surface area contributed by atoms with Gasteiger partial charge in [0.2, 0.25) is 0 Å². The molecule has 0 spiro atoms. The van der Waals surface area contributed by atoms with Crippen LogP contribution in [0.25, 0.3) is 5.57 Å². The topological polar surface area (TPSA) is 75.6 Å². The fourth-order valence-corrected chi connectivity index (χ4v) is 2.81. The predicted molar refractivity (Wildman–Crippen MR) is 119 cm³/mol. The van der Waals surface area contributed by atoms with Crippen LogP contribution in [0.15, 0.2) is 53.9 Å². The van der Waals surface area contributed by atoms with E-state index in [1.807, 2.05) is 56.3 Å². The van der Waals surface area contributed by atoms with Gasteiger partial charge in [0, 0.05) is 5.56 Å². The Morgan fingerprint density at radius 1 is 1.06 bits per heavy atom. The summed E-state index contributed by atoms with van der Waals surface area (Å²) in [6.45, 7) is 4.66. The number of carbonyl (C=O) groups excluding carboxylic acids is 1. The summed E-state index contributed by atoms with van der Waals surface area (Å²) in [6, 6.07) is 13.0. The normalized spacial score (nSPS) is 11.6. The Bertz CT molecular complexity index is 935. The number of carbonyl (C=O) groups is 1. The molecule has 0 heterocycles. The Morgan fingerprint density at radius 3 is 2.52 bits per heavy atom. The van der Waals surface area contributed by atoms with Crippen molar-refractivity contribution in [3.05, 3.63) is 65.4 Å². The number of ether oxygens (including phenoxy) is 4. The molecule has 2 aromatic rings. The summed E-state index contributed by atoms with van der Waals surface area (Å²) in [7, 11) is 4.39. The van der Waals surface area contributed by atoms with Gasteiger partial charge in [-0.05, 0) is 42.7 Å². The van der Waals surface area contributed by atoms with E-state index in [0.717, 1.165) is 23.3 Å². The van der Waals surface area contributed by atoms with E-state index in [1.165, 1.54) is 20.5 Å². The highest BCUT2D eigenvalue weighted by Crippen LogP contribution is 2.30. The summed E-state index contributed by atoms with van der Waals surface area (Å²) < 4.78 is 21.5. The van der Waals surface area contributed by atoms with Gasteiger partial charge in [-0.1, -0.05) is 36.3 Å². The Hall–Kier alpha value is -3.48. The van der Waals surface area contributed by atoms with Gasteiger partial charge in [0.25, 0.3) is 0 Å². The van der Waals surface area contributed by atoms with Crippen LogP contribution in [-0.2, 0) is 25.7 Å². The number of oxime groups is 1. The number of methoxy groups -OCH3 is 3. The van der Waals surface area contributed by atoms with Gasteiger partial charge in [0.05, 0.1) is 33.3 Å². The summed E-state index contributed by atoms with van der Waals surface area (Å²) >= 11 is 0. The van der Waals surface area contributed by atoms with Crippen LogP contribution >= 0.6 is 0 Å². The zero-order valence-electron chi connectivity index (χ0n) is 18.6. The number of nitrogens with zero attached hydrogens (tertiary/aromatic N) is 1. The molecule has 0 amide bonds. The van der Waals surface area contributed by atoms with Crippen LogP contribution in [0.4, 0.5) is 0 Å². The molecular weight excluding hydrogens is 398 g/mol. The average molecular weight is 427 g/mol. The molecule has 0 unspecified atom stereocenters. The third-order valence-corrected chi connectivity index (χ3v) is 4.41. The molecule has 0 atom stereocenters. The fourth-order valence-electron chi connectivity index (χ4n) is 2.81. The standard InChI is InChI=1S/C24H29NO6/c1-6-13-31-25-17(2)18-11-12-22(28-4)23(14-18)30-15-19-9-7-8-10-20(19)21(16-27-3)24(26)29-5/h7-12,14,16H,6,13,15H2,1-5H3/b21-16+,25-17+. The van der Waals surface area contributed by atoms with E-state index < -0.39 is 5.97 Å². The van der Waals surface area contributed by atoms with Crippen molar-refractivity contribution in [2.75, 3.05) is 27.9 Å². The Labute approximate surface area is 183 Å². The van der Waals surface area contributed by atoms with Crippen molar-refractivity contribution < 1.29 is 28.6 Å². The van der Waals surface area contributed by atoms with Crippen molar-refractivity contribution in [2.24, 2.45) is 5.16 Å². The Balaban J connectivity index is 2.31. The summed E-state index contributed by atoms with van der Waals surface area (Å²) in [4.78, 5) is 17.5. The van der Waals surface area contributed by atoms with Crippen LogP contribution in [0.1, 0.15) is 37.0 Å². The lowest BCUT2D eigenvalue weighted by molar-refractivity contribution is -0.133. The molecule has 2 aromatic carbocycles. The fraction of sp³-hybridized carbons (Fsp3) is 0.333. The molecule has 0 N–H and O–H groups in total. The van der Waals surface area contributed by atoms with Crippen molar-refractivity contribution in [1.82, 2.24) is 0 Å². The number of benzene rings is 2. The molecule has 0 aromatic heterocycles. The van der Waals surface area contributed by atoms with Crippen LogP contribution in [0.2, 0.25) is 0 Å². The van der Waals surface area contributed by atoms with Gasteiger partial charge in [0.15, 0.2) is 11.5 Å². The van der Waals surface area contributed by atoms with Crippen LogP contribution in [0, 0.1) is 0 Å². The third-order valence-electron chi connectivity index (χ3n) is 4.41. The summed E-state index contributed by atoms with van der Waals surface area (Å²) in [5, 5.41) is 4.13. The summed E-state index contributed by atoms with van der Waals surface area (Å²) in [5.41, 5.74) is 3.35. The Kier molecular flexibility index (Phi) is 9.42. The molecule has 0 aliphatic rings. The maximum absolute atomic E-state index is 12.2. The van der Waals surface area contributed by atoms with E-state index in [4.69, 9.17) is 23.8 Å². The largest absolute Gasteiger partial charge is 0.503 e. The maximum atomic E-state index is 12.2. The van der Waals surface area contributed by atoms with Crippen LogP contribution in [0.5, 0.6) is 11.5 Å². The van der Waals surface area contributed by atoms with Crippen molar-refractivity contribution in [3.63, 3.8) is 0 Å². The molecule has 0 bridgehead atoms. The minimum absolute atomic E-state index is 0.205. The lowest BCUT2D eigenvalue weighted by atomic mass is 10.0. The number of esters is 1. The van der Waals surface area contributed by atoms with Gasteiger partial charge in [0.1, 0.15) is 18.8 Å². The molecular formula is C24H29NO6. The highest BCUT2D eigenvalue weighted by Gasteiger charge is 2.17. The highest BCUT2D eigenvalue weighted by molar-refractivity contribution is 6.16. The molecule has 0 fully saturated rings. The lowest BCUT2D eigenvalue weighted by Gasteiger charge is -2.15. The quantitative estimate of drug-likeness (QED) is 0.130. The van der Waals surface area contributed by atoms with Gasteiger partial charge < -0.3 is 23.8 Å². The van der Waals surface area contributed by atoms with E-state index in [0.29, 0.717) is 29.2 Å². The smallest absolute Gasteiger partial charge is 0.341 e. The van der Waals surface area contributed by atoms with Gasteiger partial charge in [-0.3, -0.25) is 0 Å². The zero-order valence-corrected chi connectivity index (χ0v) is 18.6. The second-order valence-corrected chi connectivity index (χ2v) is 6.58. The van der Waals surface area contributed by atoms with Crippen LogP contribution in [-0.4, -0.2) is 39.6 Å².